The van der Waals surface area contributed by atoms with Crippen molar-refractivity contribution in [3.8, 4) is 11.4 Å². The molecule has 0 aliphatic carbocycles. The van der Waals surface area contributed by atoms with Gasteiger partial charge in [-0.25, -0.2) is 18.7 Å². The Morgan fingerprint density at radius 2 is 1.39 bits per heavy atom. The molecule has 3 aromatic carbocycles. The SMILES string of the molecule is CC(=O)NCCNc1cc(NC(=O)CN2CCN(C(c3ccc(F)cc3)c3ccc(F)cc3)CC2)nc(-c2ccccc2)n1. The van der Waals surface area contributed by atoms with Crippen LogP contribution in [0.5, 0.6) is 0 Å². The third kappa shape index (κ3) is 8.42. The van der Waals surface area contributed by atoms with Crippen LogP contribution in [0.1, 0.15) is 24.1 Å². The summed E-state index contributed by atoms with van der Waals surface area (Å²) in [5.41, 5.74) is 2.65. The lowest BCUT2D eigenvalue weighted by Crippen LogP contribution is -2.49. The van der Waals surface area contributed by atoms with Gasteiger partial charge >= 0.3 is 0 Å². The second kappa shape index (κ2) is 14.6. The number of carbonyl (C=O) groups is 2. The molecule has 1 saturated heterocycles. The Morgan fingerprint density at radius 3 is 1.98 bits per heavy atom. The molecule has 1 aliphatic heterocycles. The number of rotatable bonds is 11. The first-order chi connectivity index (χ1) is 21.3. The van der Waals surface area contributed by atoms with Crippen LogP contribution in [-0.2, 0) is 9.59 Å². The summed E-state index contributed by atoms with van der Waals surface area (Å²) < 4.78 is 27.3. The lowest BCUT2D eigenvalue weighted by atomic mass is 9.96. The predicted molar refractivity (Wildman–Crippen MR) is 166 cm³/mol. The summed E-state index contributed by atoms with van der Waals surface area (Å²) in [6, 6.07) is 23.8. The largest absolute Gasteiger partial charge is 0.368 e. The first kappa shape index (κ1) is 30.7. The number of halogens is 2. The summed E-state index contributed by atoms with van der Waals surface area (Å²) in [6.45, 7) is 5.14. The van der Waals surface area contributed by atoms with E-state index in [-0.39, 0.29) is 36.0 Å². The Morgan fingerprint density at radius 1 is 0.795 bits per heavy atom. The van der Waals surface area contributed by atoms with Crippen LogP contribution < -0.4 is 16.0 Å². The molecule has 2 amide bonds. The van der Waals surface area contributed by atoms with Crippen molar-refractivity contribution in [2.45, 2.75) is 13.0 Å². The molecule has 3 N–H and O–H groups in total. The van der Waals surface area contributed by atoms with Crippen LogP contribution in [0.25, 0.3) is 11.4 Å². The van der Waals surface area contributed by atoms with E-state index in [9.17, 15) is 18.4 Å². The summed E-state index contributed by atoms with van der Waals surface area (Å²) in [6.07, 6.45) is 0. The van der Waals surface area contributed by atoms with E-state index in [4.69, 9.17) is 0 Å². The van der Waals surface area contributed by atoms with Gasteiger partial charge in [0.05, 0.1) is 12.6 Å². The van der Waals surface area contributed by atoms with Gasteiger partial charge in [-0.05, 0) is 35.4 Å². The Hall–Kier alpha value is -4.74. The fourth-order valence-electron chi connectivity index (χ4n) is 5.22. The molecule has 9 nitrogen and oxygen atoms in total. The summed E-state index contributed by atoms with van der Waals surface area (Å²) in [5, 5.41) is 8.83. The molecule has 1 aromatic heterocycles. The third-order valence-corrected chi connectivity index (χ3v) is 7.34. The molecular weight excluding hydrogens is 564 g/mol. The van der Waals surface area contributed by atoms with Crippen LogP contribution in [0.15, 0.2) is 84.9 Å². The highest BCUT2D eigenvalue weighted by molar-refractivity contribution is 5.92. The van der Waals surface area contributed by atoms with Crippen LogP contribution in [0.4, 0.5) is 20.4 Å². The van der Waals surface area contributed by atoms with Gasteiger partial charge in [-0.15, -0.1) is 0 Å². The fourth-order valence-corrected chi connectivity index (χ4v) is 5.22. The van der Waals surface area contributed by atoms with Crippen LogP contribution in [-0.4, -0.2) is 77.4 Å². The maximum Gasteiger partial charge on any atom is 0.239 e. The highest BCUT2D eigenvalue weighted by atomic mass is 19.1. The lowest BCUT2D eigenvalue weighted by Gasteiger charge is -2.39. The quantitative estimate of drug-likeness (QED) is 0.221. The smallest absolute Gasteiger partial charge is 0.239 e. The van der Waals surface area contributed by atoms with E-state index in [1.54, 1.807) is 30.3 Å². The van der Waals surface area contributed by atoms with Crippen molar-refractivity contribution in [1.29, 1.82) is 0 Å². The maximum atomic E-state index is 13.7. The predicted octanol–water partition coefficient (Wildman–Crippen LogP) is 4.32. The van der Waals surface area contributed by atoms with E-state index in [1.807, 2.05) is 30.3 Å². The second-order valence-electron chi connectivity index (χ2n) is 10.6. The van der Waals surface area contributed by atoms with Crippen molar-refractivity contribution in [3.63, 3.8) is 0 Å². The van der Waals surface area contributed by atoms with Crippen molar-refractivity contribution in [3.05, 3.63) is 108 Å². The van der Waals surface area contributed by atoms with Crippen molar-refractivity contribution in [1.82, 2.24) is 25.1 Å². The highest BCUT2D eigenvalue weighted by Crippen LogP contribution is 2.30. The van der Waals surface area contributed by atoms with Gasteiger partial charge in [0.1, 0.15) is 23.3 Å². The minimum Gasteiger partial charge on any atom is -0.368 e. The minimum absolute atomic E-state index is 0.116. The van der Waals surface area contributed by atoms with E-state index in [0.29, 0.717) is 56.7 Å². The van der Waals surface area contributed by atoms with Gasteiger partial charge in [0.25, 0.3) is 0 Å². The molecule has 0 radical (unpaired) electrons. The number of nitrogens with zero attached hydrogens (tertiary/aromatic N) is 4. The molecule has 44 heavy (non-hydrogen) atoms. The van der Waals surface area contributed by atoms with Gasteiger partial charge < -0.3 is 16.0 Å². The molecule has 0 saturated carbocycles. The normalized spacial score (nSPS) is 13.9. The van der Waals surface area contributed by atoms with E-state index in [2.05, 4.69) is 35.7 Å². The van der Waals surface area contributed by atoms with Gasteiger partial charge in [0.15, 0.2) is 5.82 Å². The van der Waals surface area contributed by atoms with Crippen LogP contribution >= 0.6 is 0 Å². The zero-order chi connectivity index (χ0) is 30.9. The van der Waals surface area contributed by atoms with E-state index >= 15 is 0 Å². The average molecular weight is 600 g/mol. The van der Waals surface area contributed by atoms with Gasteiger partial charge in [0.2, 0.25) is 11.8 Å². The number of piperazine rings is 1. The molecule has 2 heterocycles. The number of carbonyl (C=O) groups excluding carboxylic acids is 2. The monoisotopic (exact) mass is 599 g/mol. The van der Waals surface area contributed by atoms with Crippen molar-refractivity contribution < 1.29 is 18.4 Å². The van der Waals surface area contributed by atoms with E-state index in [0.717, 1.165) is 16.7 Å². The molecule has 0 bridgehead atoms. The highest BCUT2D eigenvalue weighted by Gasteiger charge is 2.27. The number of hydrogen-bond acceptors (Lipinski definition) is 7. The molecule has 0 spiro atoms. The maximum absolute atomic E-state index is 13.7. The first-order valence-electron chi connectivity index (χ1n) is 14.5. The zero-order valence-electron chi connectivity index (χ0n) is 24.5. The Labute approximate surface area is 255 Å². The molecule has 5 rings (SSSR count). The van der Waals surface area contributed by atoms with Gasteiger partial charge in [-0.1, -0.05) is 54.6 Å². The van der Waals surface area contributed by atoms with Crippen LogP contribution in [0.3, 0.4) is 0 Å². The molecule has 228 valence electrons. The molecule has 4 aromatic rings. The molecular formula is C33H35F2N7O2. The van der Waals surface area contributed by atoms with Gasteiger partial charge in [0, 0.05) is 57.8 Å². The van der Waals surface area contributed by atoms with Crippen molar-refractivity contribution >= 4 is 23.5 Å². The number of aromatic nitrogens is 2. The lowest BCUT2D eigenvalue weighted by molar-refractivity contribution is -0.119. The van der Waals surface area contributed by atoms with Gasteiger partial charge in [-0.3, -0.25) is 19.4 Å². The Kier molecular flexibility index (Phi) is 10.2. The molecule has 11 heteroatoms. The summed E-state index contributed by atoms with van der Waals surface area (Å²) in [4.78, 5) is 37.8. The zero-order valence-corrected chi connectivity index (χ0v) is 24.5. The average Bonchev–Trinajstić information content (AvgIpc) is 3.02. The Bertz CT molecular complexity index is 1500. The van der Waals surface area contributed by atoms with E-state index < -0.39 is 0 Å². The fraction of sp³-hybridized carbons (Fsp3) is 0.273. The standard InChI is InChI=1S/C33H35F2N7O2/c1-23(43)36-15-16-37-29-21-30(40-33(39-29)26-5-3-2-4-6-26)38-31(44)22-41-17-19-42(20-18-41)32(24-7-11-27(34)12-8-24)25-9-13-28(35)14-10-25/h2-14,21,32H,15-20,22H2,1H3,(H,36,43)(H2,37,38,39,40,44). The van der Waals surface area contributed by atoms with Crippen LogP contribution in [0, 0.1) is 11.6 Å². The number of anilines is 2. The molecule has 1 aliphatic rings. The summed E-state index contributed by atoms with van der Waals surface area (Å²) >= 11 is 0. The minimum atomic E-state index is -0.310. The van der Waals surface area contributed by atoms with Crippen LogP contribution in [0.2, 0.25) is 0 Å². The number of benzene rings is 3. The summed E-state index contributed by atoms with van der Waals surface area (Å²) in [5.74, 6) is 0.429. The molecule has 1 fully saturated rings. The number of nitrogens with one attached hydrogen (secondary N) is 3. The van der Waals surface area contributed by atoms with Crippen molar-refractivity contribution in [2.24, 2.45) is 0 Å². The topological polar surface area (TPSA) is 102 Å². The Balaban J connectivity index is 1.23. The van der Waals surface area contributed by atoms with E-state index in [1.165, 1.54) is 31.2 Å². The molecule has 0 unspecified atom stereocenters. The number of amides is 2. The second-order valence-corrected chi connectivity index (χ2v) is 10.6. The van der Waals surface area contributed by atoms with Gasteiger partial charge in [-0.2, -0.15) is 0 Å². The first-order valence-corrected chi connectivity index (χ1v) is 14.5. The number of hydrogen-bond donors (Lipinski definition) is 3. The van der Waals surface area contributed by atoms with Crippen molar-refractivity contribution in [2.75, 3.05) is 56.4 Å². The summed E-state index contributed by atoms with van der Waals surface area (Å²) in [7, 11) is 0. The molecule has 0 atom stereocenters. The third-order valence-electron chi connectivity index (χ3n) is 7.34.